The normalized spacial score (nSPS) is 15.2. The molecule has 3 heterocycles. The molecule has 1 aliphatic heterocycles. The van der Waals surface area contributed by atoms with Gasteiger partial charge in [-0.05, 0) is 48.5 Å². The van der Waals surface area contributed by atoms with Gasteiger partial charge >= 0.3 is 6.18 Å². The number of carbonyl (C=O) groups excluding carboxylic acids is 1. The maximum Gasteiger partial charge on any atom is 0.433 e. The number of pyridine rings is 1. The van der Waals surface area contributed by atoms with Crippen LogP contribution in [-0.2, 0) is 4.74 Å². The lowest BCUT2D eigenvalue weighted by molar-refractivity contribution is -0.0576. The van der Waals surface area contributed by atoms with Crippen LogP contribution >= 0.6 is 0 Å². The van der Waals surface area contributed by atoms with Crippen molar-refractivity contribution in [3.05, 3.63) is 78.1 Å². The van der Waals surface area contributed by atoms with Crippen LogP contribution in [0, 0.1) is 0 Å². The summed E-state index contributed by atoms with van der Waals surface area (Å²) in [6, 6.07) is 12.9. The molecule has 1 fully saturated rings. The fraction of sp³-hybridized carbons (Fsp3) is 0.296. The molecule has 4 rings (SSSR count). The smallest absolute Gasteiger partial charge is 0.398 e. The third kappa shape index (κ3) is 7.83. The highest BCUT2D eigenvalue weighted by atomic mass is 19.4. The van der Waals surface area contributed by atoms with Gasteiger partial charge in [-0.1, -0.05) is 6.07 Å². The number of rotatable bonds is 9. The van der Waals surface area contributed by atoms with Crippen molar-refractivity contribution in [1.82, 2.24) is 20.1 Å². The summed E-state index contributed by atoms with van der Waals surface area (Å²) >= 11 is 0. The summed E-state index contributed by atoms with van der Waals surface area (Å²) in [5.74, 6) is -0.651. The van der Waals surface area contributed by atoms with E-state index >= 15 is 0 Å². The van der Waals surface area contributed by atoms with E-state index < -0.39 is 17.8 Å². The largest absolute Gasteiger partial charge is 0.433 e. The van der Waals surface area contributed by atoms with Crippen molar-refractivity contribution in [2.24, 2.45) is 10.7 Å². The van der Waals surface area contributed by atoms with Gasteiger partial charge in [-0.2, -0.15) is 13.2 Å². The zero-order valence-corrected chi connectivity index (χ0v) is 21.8. The van der Waals surface area contributed by atoms with E-state index in [2.05, 4.69) is 35.3 Å². The molecule has 0 unspecified atom stereocenters. The van der Waals surface area contributed by atoms with Gasteiger partial charge in [-0.25, -0.2) is 4.99 Å². The van der Waals surface area contributed by atoms with Crippen LogP contribution in [0.25, 0.3) is 5.70 Å². The van der Waals surface area contributed by atoms with Crippen molar-refractivity contribution in [2.45, 2.75) is 6.18 Å². The van der Waals surface area contributed by atoms with Crippen LogP contribution in [0.5, 0.6) is 0 Å². The third-order valence-electron chi connectivity index (χ3n) is 6.16. The van der Waals surface area contributed by atoms with E-state index in [4.69, 9.17) is 10.5 Å². The summed E-state index contributed by atoms with van der Waals surface area (Å²) in [4.78, 5) is 24.8. The molecule has 10 nitrogen and oxygen atoms in total. The lowest BCUT2D eigenvalue weighted by Crippen LogP contribution is -2.47. The fourth-order valence-corrected chi connectivity index (χ4v) is 4.00. The molecule has 2 aromatic heterocycles. The van der Waals surface area contributed by atoms with E-state index in [1.165, 1.54) is 30.6 Å². The van der Waals surface area contributed by atoms with E-state index in [-0.39, 0.29) is 17.3 Å². The Morgan fingerprint density at radius 1 is 1.10 bits per heavy atom. The monoisotopic (exact) mass is 554 g/mol. The number of nitrogens with zero attached hydrogens (tertiary/aromatic N) is 6. The van der Waals surface area contributed by atoms with Gasteiger partial charge in [0.15, 0.2) is 11.6 Å². The number of ether oxygens (including phenoxy) is 1. The molecular weight excluding hydrogens is 525 g/mol. The molecule has 1 amide bonds. The van der Waals surface area contributed by atoms with Crippen molar-refractivity contribution < 1.29 is 22.7 Å². The van der Waals surface area contributed by atoms with Gasteiger partial charge in [-0.3, -0.25) is 14.7 Å². The molecule has 3 aromatic rings. The summed E-state index contributed by atoms with van der Waals surface area (Å²) < 4.78 is 45.9. The molecule has 1 saturated heterocycles. The van der Waals surface area contributed by atoms with E-state index in [1.54, 1.807) is 31.4 Å². The second-order valence-electron chi connectivity index (χ2n) is 8.94. The zero-order valence-electron chi connectivity index (χ0n) is 21.8. The van der Waals surface area contributed by atoms with Gasteiger partial charge in [0.1, 0.15) is 5.71 Å². The number of allylic oxidation sites excluding steroid dienone is 1. The summed E-state index contributed by atoms with van der Waals surface area (Å²) in [5, 5.41) is 10.2. The Morgan fingerprint density at radius 2 is 1.88 bits per heavy atom. The number of benzene rings is 1. The number of nitrogens with two attached hydrogens (primary N) is 1. The number of methoxy groups -OCH3 is 1. The Labute approximate surface area is 229 Å². The summed E-state index contributed by atoms with van der Waals surface area (Å²) in [6.45, 7) is 5.01. The Bertz CT molecular complexity index is 1340. The number of piperazine rings is 1. The van der Waals surface area contributed by atoms with Gasteiger partial charge < -0.3 is 20.7 Å². The highest BCUT2D eigenvalue weighted by molar-refractivity contribution is 6.05. The first kappa shape index (κ1) is 28.6. The van der Waals surface area contributed by atoms with Crippen LogP contribution in [0.4, 0.5) is 30.5 Å². The quantitative estimate of drug-likeness (QED) is 0.386. The second kappa shape index (κ2) is 13.1. The van der Waals surface area contributed by atoms with Crippen molar-refractivity contribution in [3.63, 3.8) is 0 Å². The van der Waals surface area contributed by atoms with Crippen LogP contribution in [0.2, 0.25) is 0 Å². The first-order valence-corrected chi connectivity index (χ1v) is 12.5. The number of alkyl halides is 3. The molecule has 0 atom stereocenters. The minimum Gasteiger partial charge on any atom is -0.398 e. The number of amides is 1. The highest BCUT2D eigenvalue weighted by Crippen LogP contribution is 2.24. The first-order valence-electron chi connectivity index (χ1n) is 12.5. The zero-order chi connectivity index (χ0) is 28.5. The average molecular weight is 555 g/mol. The van der Waals surface area contributed by atoms with Crippen LogP contribution < -0.4 is 16.0 Å². The number of nitrogens with one attached hydrogen (secondary N) is 1. The number of halogens is 3. The number of aromatic nitrogens is 3. The SMILES string of the molecule is COCCN1CCN(c2cccc(C(=O)Nc3ccc(N=C(C=C(N)c4cccnc4)C(F)(F)F)nn3)c2)CC1. The number of carbonyl (C=O) groups is 1. The van der Waals surface area contributed by atoms with Gasteiger partial charge in [0.2, 0.25) is 0 Å². The predicted molar refractivity (Wildman–Crippen MR) is 147 cm³/mol. The second-order valence-corrected chi connectivity index (χ2v) is 8.94. The minimum absolute atomic E-state index is 0.0695. The maximum absolute atomic E-state index is 13.6. The number of anilines is 2. The molecule has 0 bridgehead atoms. The maximum atomic E-state index is 13.6. The van der Waals surface area contributed by atoms with Crippen LogP contribution in [0.1, 0.15) is 15.9 Å². The molecule has 13 heteroatoms. The van der Waals surface area contributed by atoms with Gasteiger partial charge in [0, 0.05) is 74.7 Å². The van der Waals surface area contributed by atoms with Crippen LogP contribution in [0.15, 0.2) is 72.0 Å². The highest BCUT2D eigenvalue weighted by Gasteiger charge is 2.34. The molecule has 0 radical (unpaired) electrons. The Kier molecular flexibility index (Phi) is 9.40. The molecule has 210 valence electrons. The molecule has 0 aliphatic carbocycles. The van der Waals surface area contributed by atoms with Crippen LogP contribution in [0.3, 0.4) is 0 Å². The average Bonchev–Trinajstić information content (AvgIpc) is 2.97. The molecule has 40 heavy (non-hydrogen) atoms. The van der Waals surface area contributed by atoms with Crippen molar-refractivity contribution in [2.75, 3.05) is 56.7 Å². The Hall–Kier alpha value is -4.36. The van der Waals surface area contributed by atoms with Crippen LogP contribution in [-0.4, -0.2) is 84.3 Å². The van der Waals surface area contributed by atoms with Gasteiger partial charge in [0.05, 0.1) is 6.61 Å². The van der Waals surface area contributed by atoms with Gasteiger partial charge in [-0.15, -0.1) is 10.2 Å². The molecule has 1 aliphatic rings. The van der Waals surface area contributed by atoms with E-state index in [9.17, 15) is 18.0 Å². The number of hydrogen-bond acceptors (Lipinski definition) is 9. The van der Waals surface area contributed by atoms with Gasteiger partial charge in [0.25, 0.3) is 5.91 Å². The fourth-order valence-electron chi connectivity index (χ4n) is 4.00. The molecule has 3 N–H and O–H groups in total. The lowest BCUT2D eigenvalue weighted by atomic mass is 10.1. The number of hydrogen-bond donors (Lipinski definition) is 2. The Morgan fingerprint density at radius 3 is 2.52 bits per heavy atom. The standard InChI is InChI=1S/C27H29F3N8O2/c1-40-15-14-37-10-12-38(13-11-37)21-6-2-4-19(16-21)26(39)34-25-8-7-24(35-36-25)33-23(27(28,29)30)17-22(31)20-5-3-9-32-18-20/h2-9,16-18H,10-15,31H2,1H3,(H,34,36,39). The molecule has 1 aromatic carbocycles. The summed E-state index contributed by atoms with van der Waals surface area (Å²) in [5.41, 5.74) is 6.06. The summed E-state index contributed by atoms with van der Waals surface area (Å²) in [6.07, 6.45) is -1.25. The Balaban J connectivity index is 1.42. The molecule has 0 saturated carbocycles. The van der Waals surface area contributed by atoms with Crippen molar-refractivity contribution in [3.8, 4) is 0 Å². The van der Waals surface area contributed by atoms with E-state index in [0.717, 1.165) is 38.4 Å². The summed E-state index contributed by atoms with van der Waals surface area (Å²) in [7, 11) is 1.69. The topological polar surface area (TPSA) is 122 Å². The van der Waals surface area contributed by atoms with Crippen molar-refractivity contribution >= 4 is 34.6 Å². The first-order chi connectivity index (χ1) is 19.2. The third-order valence-corrected chi connectivity index (χ3v) is 6.16. The number of aliphatic imine (C=N–C) groups is 1. The van der Waals surface area contributed by atoms with E-state index in [0.29, 0.717) is 23.8 Å². The lowest BCUT2D eigenvalue weighted by Gasteiger charge is -2.36. The van der Waals surface area contributed by atoms with E-state index in [1.807, 2.05) is 6.07 Å². The van der Waals surface area contributed by atoms with Crippen molar-refractivity contribution in [1.29, 1.82) is 0 Å². The molecule has 0 spiro atoms. The predicted octanol–water partition coefficient (Wildman–Crippen LogP) is 3.53. The molecular formula is C27H29F3N8O2. The minimum atomic E-state index is -4.79.